The largest absolute Gasteiger partial charge is 0.497 e. The summed E-state index contributed by atoms with van der Waals surface area (Å²) in [4.78, 5) is 33.9. The first kappa shape index (κ1) is 37.9. The fraction of sp³-hybridized carbons (Fsp3) is 0.487. The van der Waals surface area contributed by atoms with E-state index in [1.54, 1.807) is 35.2 Å². The van der Waals surface area contributed by atoms with Crippen molar-refractivity contribution in [3.63, 3.8) is 0 Å². The molecular weight excluding hydrogens is 719 g/mol. The van der Waals surface area contributed by atoms with Gasteiger partial charge in [0.25, 0.3) is 5.91 Å². The van der Waals surface area contributed by atoms with Gasteiger partial charge in [-0.1, -0.05) is 17.3 Å². The van der Waals surface area contributed by atoms with Crippen LogP contribution in [0.5, 0.6) is 11.5 Å². The van der Waals surface area contributed by atoms with Crippen LogP contribution in [0.1, 0.15) is 81.1 Å². The zero-order valence-corrected chi connectivity index (χ0v) is 31.3. The van der Waals surface area contributed by atoms with E-state index in [1.165, 1.54) is 7.11 Å². The molecule has 1 N–H and O–H groups in total. The highest BCUT2D eigenvalue weighted by Crippen LogP contribution is 2.57. The van der Waals surface area contributed by atoms with Gasteiger partial charge in [0, 0.05) is 38.1 Å². The minimum atomic E-state index is -1.56. The van der Waals surface area contributed by atoms with Crippen LogP contribution in [0, 0.1) is 22.9 Å². The second-order valence-corrected chi connectivity index (χ2v) is 15.6. The number of amides is 2. The van der Waals surface area contributed by atoms with Gasteiger partial charge in [0.15, 0.2) is 23.2 Å². The van der Waals surface area contributed by atoms with Crippen molar-refractivity contribution in [1.29, 1.82) is 0 Å². The SMILES string of the molecule is COc1ccc(COc2c(F)cc(C(=O)NC[C@]34CC[C@](c5nc(-c6ccc(N7CCN(C(=O)OC(C)(C)C)CC7)nn6)no5)(CC3)CC4)c(F)c2F)cc1. The van der Waals surface area contributed by atoms with Crippen molar-refractivity contribution in [3.05, 3.63) is 76.9 Å². The third kappa shape index (κ3) is 8.03. The maximum absolute atomic E-state index is 15.1. The standard InChI is InChI=1S/C39H44F3N7O6/c1-37(2,3)54-36(51)49-19-17-48(18-20-49)29-10-9-28(45-46-29)33-44-35(55-47-33)39-14-11-38(12-15-39,13-16-39)23-43-34(50)26-21-27(40)32(31(42)30(26)41)53-22-24-5-7-25(52-4)8-6-24/h5-10,21H,11-20,22-23H2,1-4H3,(H,43,50)/t38-,39+. The fourth-order valence-electron chi connectivity index (χ4n) is 7.57. The number of anilines is 1. The van der Waals surface area contributed by atoms with Gasteiger partial charge in [0.05, 0.1) is 12.7 Å². The van der Waals surface area contributed by atoms with Crippen LogP contribution in [-0.2, 0) is 16.8 Å². The van der Waals surface area contributed by atoms with Gasteiger partial charge in [-0.2, -0.15) is 9.37 Å². The number of carbonyl (C=O) groups is 2. The van der Waals surface area contributed by atoms with E-state index >= 15 is 4.39 Å². The van der Waals surface area contributed by atoms with Gasteiger partial charge in [-0.25, -0.2) is 13.6 Å². The molecule has 3 aliphatic carbocycles. The smallest absolute Gasteiger partial charge is 0.410 e. The van der Waals surface area contributed by atoms with Crippen LogP contribution in [0.2, 0.25) is 0 Å². The number of hydrogen-bond donors (Lipinski definition) is 1. The van der Waals surface area contributed by atoms with Gasteiger partial charge in [-0.3, -0.25) is 4.79 Å². The molecule has 4 aliphatic rings. The van der Waals surface area contributed by atoms with Crippen molar-refractivity contribution in [2.45, 2.75) is 76.9 Å². The lowest BCUT2D eigenvalue weighted by molar-refractivity contribution is 0.0228. The second kappa shape index (κ2) is 15.0. The zero-order chi connectivity index (χ0) is 39.0. The van der Waals surface area contributed by atoms with Gasteiger partial charge in [-0.15, -0.1) is 10.2 Å². The maximum Gasteiger partial charge on any atom is 0.410 e. The van der Waals surface area contributed by atoms with E-state index in [2.05, 4.69) is 25.6 Å². The number of halogens is 3. The van der Waals surface area contributed by atoms with Crippen LogP contribution in [0.15, 0.2) is 47.0 Å². The first-order valence-corrected chi connectivity index (χ1v) is 18.4. The van der Waals surface area contributed by atoms with E-state index in [0.29, 0.717) is 66.8 Å². The summed E-state index contributed by atoms with van der Waals surface area (Å²) in [5.74, 6) is -3.84. The number of piperazine rings is 1. The first-order valence-electron chi connectivity index (χ1n) is 18.4. The number of hydrogen-bond acceptors (Lipinski definition) is 11. The van der Waals surface area contributed by atoms with E-state index < -0.39 is 40.3 Å². The number of ether oxygens (including phenoxy) is 3. The van der Waals surface area contributed by atoms with Crippen LogP contribution in [0.3, 0.4) is 0 Å². The summed E-state index contributed by atoms with van der Waals surface area (Å²) in [5.41, 5.74) is -0.783. The van der Waals surface area contributed by atoms with Gasteiger partial charge in [0.1, 0.15) is 23.7 Å². The number of nitrogens with zero attached hydrogens (tertiary/aromatic N) is 6. The first-order chi connectivity index (χ1) is 26.3. The Kier molecular flexibility index (Phi) is 10.3. The molecule has 292 valence electrons. The van der Waals surface area contributed by atoms with Crippen molar-refractivity contribution < 1.29 is 41.5 Å². The lowest BCUT2D eigenvalue weighted by Gasteiger charge is -2.51. The third-order valence-corrected chi connectivity index (χ3v) is 10.9. The maximum atomic E-state index is 15.1. The van der Waals surface area contributed by atoms with Crippen molar-refractivity contribution in [2.75, 3.05) is 44.7 Å². The molecule has 1 saturated heterocycles. The zero-order valence-electron chi connectivity index (χ0n) is 31.3. The summed E-state index contributed by atoms with van der Waals surface area (Å²) in [7, 11) is 1.51. The summed E-state index contributed by atoms with van der Waals surface area (Å²) in [6.45, 7) is 7.76. The van der Waals surface area contributed by atoms with Crippen LogP contribution in [0.25, 0.3) is 11.5 Å². The minimum absolute atomic E-state index is 0.210. The third-order valence-electron chi connectivity index (χ3n) is 10.9. The molecule has 1 aliphatic heterocycles. The number of fused-ring (bicyclic) bond motifs is 3. The Balaban J connectivity index is 0.916. The fourth-order valence-corrected chi connectivity index (χ4v) is 7.57. The molecule has 2 aromatic heterocycles. The predicted octanol–water partition coefficient (Wildman–Crippen LogP) is 6.61. The van der Waals surface area contributed by atoms with E-state index in [0.717, 1.165) is 38.5 Å². The van der Waals surface area contributed by atoms with E-state index in [-0.39, 0.29) is 30.1 Å². The van der Waals surface area contributed by atoms with E-state index in [9.17, 15) is 18.4 Å². The predicted molar refractivity (Wildman–Crippen MR) is 193 cm³/mol. The van der Waals surface area contributed by atoms with Crippen LogP contribution >= 0.6 is 0 Å². The van der Waals surface area contributed by atoms with Gasteiger partial charge < -0.3 is 33.9 Å². The van der Waals surface area contributed by atoms with E-state index in [4.69, 9.17) is 23.7 Å². The Morgan fingerprint density at radius 1 is 0.909 bits per heavy atom. The van der Waals surface area contributed by atoms with Crippen LogP contribution in [0.4, 0.5) is 23.8 Å². The molecule has 2 amide bonds. The Bertz CT molecular complexity index is 2000. The molecule has 4 fully saturated rings. The highest BCUT2D eigenvalue weighted by molar-refractivity contribution is 5.94. The minimum Gasteiger partial charge on any atom is -0.497 e. The molecule has 4 aromatic rings. The Labute approximate surface area is 316 Å². The highest BCUT2D eigenvalue weighted by atomic mass is 19.2. The van der Waals surface area contributed by atoms with Crippen LogP contribution < -0.4 is 19.7 Å². The molecule has 3 saturated carbocycles. The number of nitrogens with one attached hydrogen (secondary N) is 1. The van der Waals surface area contributed by atoms with E-state index in [1.807, 2.05) is 26.8 Å². The molecule has 16 heteroatoms. The quantitative estimate of drug-likeness (QED) is 0.174. The Morgan fingerprint density at radius 2 is 1.60 bits per heavy atom. The molecule has 2 aromatic carbocycles. The molecule has 13 nitrogen and oxygen atoms in total. The van der Waals surface area contributed by atoms with Crippen molar-refractivity contribution in [3.8, 4) is 23.0 Å². The molecule has 55 heavy (non-hydrogen) atoms. The molecule has 0 unspecified atom stereocenters. The average Bonchev–Trinajstić information content (AvgIpc) is 3.70. The normalized spacial score (nSPS) is 21.0. The Morgan fingerprint density at radius 3 is 2.22 bits per heavy atom. The molecular formula is C39H44F3N7O6. The molecule has 0 atom stereocenters. The lowest BCUT2D eigenvalue weighted by atomic mass is 9.53. The number of aromatic nitrogens is 4. The summed E-state index contributed by atoms with van der Waals surface area (Å²) in [6, 6.07) is 11.0. The summed E-state index contributed by atoms with van der Waals surface area (Å²) in [5, 5.41) is 15.7. The second-order valence-electron chi connectivity index (χ2n) is 15.6. The summed E-state index contributed by atoms with van der Waals surface area (Å²) >= 11 is 0. The number of rotatable bonds is 10. The number of carbonyl (C=O) groups excluding carboxylic acids is 2. The molecule has 8 rings (SSSR count). The lowest BCUT2D eigenvalue weighted by Crippen LogP contribution is -2.50. The van der Waals surface area contributed by atoms with Gasteiger partial charge in [-0.05, 0) is 101 Å². The summed E-state index contributed by atoms with van der Waals surface area (Å²) < 4.78 is 66.6. The molecule has 0 spiro atoms. The topological polar surface area (TPSA) is 145 Å². The van der Waals surface area contributed by atoms with Crippen molar-refractivity contribution in [2.24, 2.45) is 5.41 Å². The molecule has 0 radical (unpaired) electrons. The highest BCUT2D eigenvalue weighted by Gasteiger charge is 2.52. The van der Waals surface area contributed by atoms with Crippen molar-refractivity contribution in [1.82, 2.24) is 30.6 Å². The molecule has 3 heterocycles. The van der Waals surface area contributed by atoms with Gasteiger partial charge in [0.2, 0.25) is 17.5 Å². The van der Waals surface area contributed by atoms with Crippen molar-refractivity contribution >= 4 is 17.8 Å². The average molecular weight is 764 g/mol. The van der Waals surface area contributed by atoms with Gasteiger partial charge >= 0.3 is 6.09 Å². The van der Waals surface area contributed by atoms with Crippen LogP contribution in [-0.4, -0.2) is 82.7 Å². The summed E-state index contributed by atoms with van der Waals surface area (Å²) in [6.07, 6.45) is 4.11. The Hall–Kier alpha value is -5.41. The number of benzene rings is 2. The monoisotopic (exact) mass is 763 g/mol. The number of methoxy groups -OCH3 is 1. The molecule has 2 bridgehead atoms.